The Morgan fingerprint density at radius 1 is 1.09 bits per heavy atom. The molecule has 0 spiro atoms. The van der Waals surface area contributed by atoms with E-state index in [1.165, 1.54) is 48.9 Å². The van der Waals surface area contributed by atoms with E-state index in [2.05, 4.69) is 15.2 Å². The van der Waals surface area contributed by atoms with Crippen molar-refractivity contribution in [2.45, 2.75) is 43.2 Å². The molecule has 0 radical (unpaired) electrons. The second-order valence-corrected chi connectivity index (χ2v) is 9.12. The quantitative estimate of drug-likeness (QED) is 0.280. The van der Waals surface area contributed by atoms with Crippen LogP contribution >= 0.6 is 11.8 Å². The Labute approximate surface area is 195 Å². The van der Waals surface area contributed by atoms with Gasteiger partial charge in [-0.05, 0) is 31.0 Å². The second kappa shape index (κ2) is 10.5. The molecule has 3 aromatic rings. The predicted molar refractivity (Wildman–Crippen MR) is 128 cm³/mol. The van der Waals surface area contributed by atoms with E-state index in [4.69, 9.17) is 0 Å². The zero-order valence-electron chi connectivity index (χ0n) is 18.2. The first-order valence-corrected chi connectivity index (χ1v) is 12.0. The summed E-state index contributed by atoms with van der Waals surface area (Å²) in [6.45, 7) is 0.967. The lowest BCUT2D eigenvalue weighted by Crippen LogP contribution is -2.33. The van der Waals surface area contributed by atoms with Crippen LogP contribution in [0.2, 0.25) is 0 Å². The van der Waals surface area contributed by atoms with Gasteiger partial charge in [-0.2, -0.15) is 0 Å². The van der Waals surface area contributed by atoms with E-state index in [1.54, 1.807) is 0 Å². The van der Waals surface area contributed by atoms with Crippen molar-refractivity contribution in [1.29, 1.82) is 0 Å². The van der Waals surface area contributed by atoms with Crippen LogP contribution in [0.4, 0.5) is 5.69 Å². The largest absolute Gasteiger partial charge is 0.353 e. The molecule has 0 saturated heterocycles. The van der Waals surface area contributed by atoms with Crippen molar-refractivity contribution in [3.8, 4) is 0 Å². The van der Waals surface area contributed by atoms with Crippen LogP contribution < -0.4 is 10.6 Å². The standard InChI is InChI=1S/C24H26N4O4S/c29-23(26-18-5-1-2-6-18)16-33-22-15-27(21-8-4-3-7-20(21)22)14-13-25-24(30)17-9-11-19(12-10-17)28(31)32/h3-4,7-12,15,18H,1-2,5-6,13-14,16H2,(H,25,30)(H,26,29). The van der Waals surface area contributed by atoms with Gasteiger partial charge in [0, 0.05) is 58.8 Å². The minimum atomic E-state index is -0.493. The van der Waals surface area contributed by atoms with Crippen molar-refractivity contribution in [1.82, 2.24) is 15.2 Å². The number of hydrogen-bond acceptors (Lipinski definition) is 5. The van der Waals surface area contributed by atoms with E-state index >= 15 is 0 Å². The molecule has 0 aliphatic heterocycles. The van der Waals surface area contributed by atoms with Gasteiger partial charge in [-0.25, -0.2) is 0 Å². The molecule has 172 valence electrons. The highest BCUT2D eigenvalue weighted by Gasteiger charge is 2.18. The number of aromatic nitrogens is 1. The average Bonchev–Trinajstić information content (AvgIpc) is 3.46. The molecule has 1 aliphatic rings. The van der Waals surface area contributed by atoms with E-state index < -0.39 is 4.92 Å². The average molecular weight is 467 g/mol. The van der Waals surface area contributed by atoms with Gasteiger partial charge in [0.15, 0.2) is 0 Å². The van der Waals surface area contributed by atoms with Crippen LogP contribution in [0, 0.1) is 10.1 Å². The van der Waals surface area contributed by atoms with Crippen molar-refractivity contribution in [3.05, 3.63) is 70.4 Å². The third kappa shape index (κ3) is 5.73. The SMILES string of the molecule is O=C(CSc1cn(CCNC(=O)c2ccc([N+](=O)[O-])cc2)c2ccccc12)NC1CCCC1. The first kappa shape index (κ1) is 22.8. The van der Waals surface area contributed by atoms with Crippen LogP contribution in [-0.2, 0) is 11.3 Å². The number of nitrogens with one attached hydrogen (secondary N) is 2. The molecule has 0 unspecified atom stereocenters. The summed E-state index contributed by atoms with van der Waals surface area (Å²) in [4.78, 5) is 36.0. The summed E-state index contributed by atoms with van der Waals surface area (Å²) < 4.78 is 2.07. The highest BCUT2D eigenvalue weighted by molar-refractivity contribution is 8.00. The summed E-state index contributed by atoms with van der Waals surface area (Å²) >= 11 is 1.53. The van der Waals surface area contributed by atoms with Crippen molar-refractivity contribution >= 4 is 40.2 Å². The fourth-order valence-electron chi connectivity index (χ4n) is 4.12. The van der Waals surface area contributed by atoms with E-state index in [1.807, 2.05) is 30.5 Å². The fraction of sp³-hybridized carbons (Fsp3) is 0.333. The molecule has 2 aromatic carbocycles. The van der Waals surface area contributed by atoms with Crippen LogP contribution in [0.1, 0.15) is 36.0 Å². The summed E-state index contributed by atoms with van der Waals surface area (Å²) in [6, 6.07) is 13.9. The van der Waals surface area contributed by atoms with Gasteiger partial charge >= 0.3 is 0 Å². The topological polar surface area (TPSA) is 106 Å². The molecular formula is C24H26N4O4S. The minimum absolute atomic E-state index is 0.0488. The maximum absolute atomic E-state index is 12.4. The van der Waals surface area contributed by atoms with E-state index in [9.17, 15) is 19.7 Å². The van der Waals surface area contributed by atoms with Crippen molar-refractivity contribution < 1.29 is 14.5 Å². The number of carbonyl (C=O) groups excluding carboxylic acids is 2. The number of para-hydroxylation sites is 1. The van der Waals surface area contributed by atoms with E-state index in [0.29, 0.717) is 30.4 Å². The Morgan fingerprint density at radius 3 is 2.55 bits per heavy atom. The molecule has 1 fully saturated rings. The Hall–Kier alpha value is -3.33. The number of nitrogens with zero attached hydrogens (tertiary/aromatic N) is 2. The van der Waals surface area contributed by atoms with Crippen LogP contribution in [-0.4, -0.2) is 39.6 Å². The minimum Gasteiger partial charge on any atom is -0.353 e. The van der Waals surface area contributed by atoms with Gasteiger partial charge in [-0.3, -0.25) is 19.7 Å². The molecular weight excluding hydrogens is 440 g/mol. The molecule has 8 nitrogen and oxygen atoms in total. The number of hydrogen-bond donors (Lipinski definition) is 2. The molecule has 33 heavy (non-hydrogen) atoms. The first-order valence-electron chi connectivity index (χ1n) is 11.0. The van der Waals surface area contributed by atoms with Crippen LogP contribution in [0.5, 0.6) is 0 Å². The summed E-state index contributed by atoms with van der Waals surface area (Å²) in [6.07, 6.45) is 6.54. The molecule has 0 atom stereocenters. The van der Waals surface area contributed by atoms with Gasteiger partial charge in [0.05, 0.1) is 10.7 Å². The third-order valence-corrected chi connectivity index (χ3v) is 6.85. The number of fused-ring (bicyclic) bond motifs is 1. The molecule has 1 aliphatic carbocycles. The zero-order valence-corrected chi connectivity index (χ0v) is 19.0. The zero-order chi connectivity index (χ0) is 23.2. The normalized spacial score (nSPS) is 13.8. The second-order valence-electron chi connectivity index (χ2n) is 8.10. The Kier molecular flexibility index (Phi) is 7.29. The molecule has 9 heteroatoms. The number of nitro groups is 1. The van der Waals surface area contributed by atoms with Gasteiger partial charge in [0.1, 0.15) is 0 Å². The molecule has 0 bridgehead atoms. The number of benzene rings is 2. The number of amides is 2. The number of nitro benzene ring substituents is 1. The lowest BCUT2D eigenvalue weighted by Gasteiger charge is -2.11. The smallest absolute Gasteiger partial charge is 0.269 e. The predicted octanol–water partition coefficient (Wildman–Crippen LogP) is 4.13. The van der Waals surface area contributed by atoms with Gasteiger partial charge in [-0.15, -0.1) is 11.8 Å². The number of rotatable bonds is 9. The Balaban J connectivity index is 1.35. The van der Waals surface area contributed by atoms with Crippen molar-refractivity contribution in [3.63, 3.8) is 0 Å². The van der Waals surface area contributed by atoms with Crippen LogP contribution in [0.25, 0.3) is 10.9 Å². The molecule has 2 N–H and O–H groups in total. The van der Waals surface area contributed by atoms with Gasteiger partial charge in [0.25, 0.3) is 11.6 Å². The summed E-state index contributed by atoms with van der Waals surface area (Å²) in [5.41, 5.74) is 1.37. The van der Waals surface area contributed by atoms with Gasteiger partial charge in [-0.1, -0.05) is 31.0 Å². The molecule has 2 amide bonds. The fourth-order valence-corrected chi connectivity index (χ4v) is 5.02. The number of thioether (sulfide) groups is 1. The molecule has 1 aromatic heterocycles. The third-order valence-electron chi connectivity index (χ3n) is 5.81. The molecule has 4 rings (SSSR count). The monoisotopic (exact) mass is 466 g/mol. The van der Waals surface area contributed by atoms with Gasteiger partial charge in [0.2, 0.25) is 5.91 Å². The first-order chi connectivity index (χ1) is 16.0. The lowest BCUT2D eigenvalue weighted by molar-refractivity contribution is -0.384. The van der Waals surface area contributed by atoms with E-state index in [-0.39, 0.29) is 17.5 Å². The highest BCUT2D eigenvalue weighted by atomic mass is 32.2. The lowest BCUT2D eigenvalue weighted by atomic mass is 10.2. The Morgan fingerprint density at radius 2 is 1.82 bits per heavy atom. The van der Waals surface area contributed by atoms with Crippen LogP contribution in [0.15, 0.2) is 59.6 Å². The van der Waals surface area contributed by atoms with E-state index in [0.717, 1.165) is 28.6 Å². The summed E-state index contributed by atoms with van der Waals surface area (Å²) in [5, 5.41) is 17.8. The van der Waals surface area contributed by atoms with Crippen molar-refractivity contribution in [2.75, 3.05) is 12.3 Å². The van der Waals surface area contributed by atoms with Crippen LogP contribution in [0.3, 0.4) is 0 Å². The van der Waals surface area contributed by atoms with Gasteiger partial charge < -0.3 is 15.2 Å². The van der Waals surface area contributed by atoms with Crippen molar-refractivity contribution in [2.24, 2.45) is 0 Å². The summed E-state index contributed by atoms with van der Waals surface area (Å²) in [7, 11) is 0. The Bertz CT molecular complexity index is 1150. The number of non-ortho nitro benzene ring substituents is 1. The maximum atomic E-state index is 12.4. The summed E-state index contributed by atoms with van der Waals surface area (Å²) in [5.74, 6) is 0.167. The molecule has 1 heterocycles. The maximum Gasteiger partial charge on any atom is 0.269 e. The highest BCUT2D eigenvalue weighted by Crippen LogP contribution is 2.30. The molecule has 1 saturated carbocycles. The number of carbonyl (C=O) groups is 2.